The van der Waals surface area contributed by atoms with Gasteiger partial charge >= 0.3 is 12.1 Å². The van der Waals surface area contributed by atoms with Crippen LogP contribution in [-0.2, 0) is 22.8 Å². The monoisotopic (exact) mass is 473 g/mol. The predicted octanol–water partition coefficient (Wildman–Crippen LogP) is 5.18. The Balaban J connectivity index is 2.48. The SMILES string of the molecule is CCCS(=O)(=O)N(CC(C)C)c1ccc(C(F)(F)F)cc1OCc1ccc(C(=O)O)cc1. The second-order valence-corrected chi connectivity index (χ2v) is 9.72. The number of rotatable bonds is 10. The third-order valence-electron chi connectivity index (χ3n) is 4.48. The second kappa shape index (κ2) is 10.2. The minimum Gasteiger partial charge on any atom is -0.487 e. The van der Waals surface area contributed by atoms with E-state index in [-0.39, 0.29) is 41.8 Å². The summed E-state index contributed by atoms with van der Waals surface area (Å²) in [5, 5.41) is 8.98. The van der Waals surface area contributed by atoms with Gasteiger partial charge in [0.25, 0.3) is 0 Å². The summed E-state index contributed by atoms with van der Waals surface area (Å²) in [6.07, 6.45) is -4.28. The van der Waals surface area contributed by atoms with E-state index in [1.807, 2.05) is 13.8 Å². The van der Waals surface area contributed by atoms with E-state index < -0.39 is 27.7 Å². The van der Waals surface area contributed by atoms with Gasteiger partial charge in [0.2, 0.25) is 10.0 Å². The molecule has 0 amide bonds. The van der Waals surface area contributed by atoms with Gasteiger partial charge in [0.05, 0.1) is 22.6 Å². The number of carbonyl (C=O) groups is 1. The first-order valence-electron chi connectivity index (χ1n) is 10.0. The van der Waals surface area contributed by atoms with Crippen LogP contribution in [0.15, 0.2) is 42.5 Å². The fourth-order valence-electron chi connectivity index (χ4n) is 2.98. The maximum atomic E-state index is 13.3. The minimum absolute atomic E-state index is 0.0299. The van der Waals surface area contributed by atoms with Crippen LogP contribution < -0.4 is 9.04 Å². The van der Waals surface area contributed by atoms with E-state index in [1.165, 1.54) is 24.3 Å². The summed E-state index contributed by atoms with van der Waals surface area (Å²) in [7, 11) is -3.78. The average molecular weight is 474 g/mol. The van der Waals surface area contributed by atoms with Crippen molar-refractivity contribution in [3.05, 3.63) is 59.2 Å². The molecule has 6 nitrogen and oxygen atoms in total. The molecule has 0 aliphatic rings. The lowest BCUT2D eigenvalue weighted by Crippen LogP contribution is -2.36. The van der Waals surface area contributed by atoms with Crippen molar-refractivity contribution >= 4 is 21.7 Å². The van der Waals surface area contributed by atoms with Crippen LogP contribution in [0.25, 0.3) is 0 Å². The van der Waals surface area contributed by atoms with E-state index in [0.717, 1.165) is 22.5 Å². The maximum Gasteiger partial charge on any atom is 0.416 e. The van der Waals surface area contributed by atoms with E-state index in [1.54, 1.807) is 6.92 Å². The standard InChI is InChI=1S/C22H26F3NO5S/c1-4-11-32(29,30)26(13-15(2)3)19-10-9-18(22(23,24)25)12-20(19)31-14-16-5-7-17(8-6-16)21(27)28/h5-10,12,15H,4,11,13-14H2,1-3H3,(H,27,28). The van der Waals surface area contributed by atoms with Gasteiger partial charge in [0.1, 0.15) is 12.4 Å². The molecule has 0 unspecified atom stereocenters. The van der Waals surface area contributed by atoms with Gasteiger partial charge in [-0.1, -0.05) is 32.9 Å². The molecule has 2 rings (SSSR count). The Kier molecular flexibility index (Phi) is 8.17. The normalized spacial score (nSPS) is 12.1. The molecule has 0 aliphatic heterocycles. The number of benzene rings is 2. The molecule has 0 heterocycles. The van der Waals surface area contributed by atoms with Crippen LogP contribution in [0.2, 0.25) is 0 Å². The highest BCUT2D eigenvalue weighted by atomic mass is 32.2. The summed E-state index contributed by atoms with van der Waals surface area (Å²) in [5.41, 5.74) is -0.357. The van der Waals surface area contributed by atoms with Gasteiger partial charge in [-0.2, -0.15) is 13.2 Å². The molecule has 2 aromatic rings. The molecule has 0 fully saturated rings. The Morgan fingerprint density at radius 3 is 2.25 bits per heavy atom. The number of anilines is 1. The van der Waals surface area contributed by atoms with Crippen LogP contribution in [0.4, 0.5) is 18.9 Å². The molecule has 0 radical (unpaired) electrons. The minimum atomic E-state index is -4.63. The number of hydrogen-bond donors (Lipinski definition) is 1. The first-order valence-corrected chi connectivity index (χ1v) is 11.6. The highest BCUT2D eigenvalue weighted by Crippen LogP contribution is 2.38. The summed E-state index contributed by atoms with van der Waals surface area (Å²) in [6.45, 7) is 5.23. The van der Waals surface area contributed by atoms with Crippen LogP contribution in [0.3, 0.4) is 0 Å². The molecule has 10 heteroatoms. The van der Waals surface area contributed by atoms with Crippen LogP contribution in [-0.4, -0.2) is 31.8 Å². The van der Waals surface area contributed by atoms with Gasteiger partial charge in [0, 0.05) is 6.54 Å². The Hall–Kier alpha value is -2.75. The molecule has 0 saturated carbocycles. The molecule has 2 aromatic carbocycles. The third kappa shape index (κ3) is 6.62. The molecule has 176 valence electrons. The summed E-state index contributed by atoms with van der Waals surface area (Å²) >= 11 is 0. The smallest absolute Gasteiger partial charge is 0.416 e. The van der Waals surface area contributed by atoms with E-state index in [2.05, 4.69) is 0 Å². The van der Waals surface area contributed by atoms with E-state index in [0.29, 0.717) is 12.0 Å². The lowest BCUT2D eigenvalue weighted by atomic mass is 10.1. The number of hydrogen-bond acceptors (Lipinski definition) is 4. The molecular formula is C22H26F3NO5S. The van der Waals surface area contributed by atoms with E-state index in [9.17, 15) is 26.4 Å². The summed E-state index contributed by atoms with van der Waals surface area (Å²) in [6, 6.07) is 8.40. The third-order valence-corrected chi connectivity index (χ3v) is 6.42. The number of alkyl halides is 3. The highest BCUT2D eigenvalue weighted by molar-refractivity contribution is 7.92. The average Bonchev–Trinajstić information content (AvgIpc) is 2.69. The number of carboxylic acid groups (broad SMARTS) is 1. The zero-order chi connectivity index (χ0) is 24.1. The molecule has 0 aliphatic carbocycles. The van der Waals surface area contributed by atoms with Gasteiger partial charge in [-0.05, 0) is 48.2 Å². The zero-order valence-electron chi connectivity index (χ0n) is 18.0. The quantitative estimate of drug-likeness (QED) is 0.514. The van der Waals surface area contributed by atoms with Gasteiger partial charge in [0.15, 0.2) is 0 Å². The van der Waals surface area contributed by atoms with Crippen molar-refractivity contribution in [3.63, 3.8) is 0 Å². The summed E-state index contributed by atoms with van der Waals surface area (Å²) in [4.78, 5) is 11.0. The molecular weight excluding hydrogens is 447 g/mol. The van der Waals surface area contributed by atoms with Crippen molar-refractivity contribution in [1.29, 1.82) is 0 Å². The van der Waals surface area contributed by atoms with Crippen LogP contribution >= 0.6 is 0 Å². The Morgan fingerprint density at radius 2 is 1.75 bits per heavy atom. The molecule has 0 saturated heterocycles. The summed E-state index contributed by atoms with van der Waals surface area (Å²) < 4.78 is 72.4. The van der Waals surface area contributed by atoms with Crippen LogP contribution in [0.5, 0.6) is 5.75 Å². The topological polar surface area (TPSA) is 83.9 Å². The zero-order valence-corrected chi connectivity index (χ0v) is 18.8. The van der Waals surface area contributed by atoms with Crippen molar-refractivity contribution in [2.24, 2.45) is 5.92 Å². The van der Waals surface area contributed by atoms with Crippen molar-refractivity contribution in [2.75, 3.05) is 16.6 Å². The Bertz CT molecular complexity index is 1030. The highest BCUT2D eigenvalue weighted by Gasteiger charge is 2.33. The number of aromatic carboxylic acids is 1. The number of nitrogens with zero attached hydrogens (tertiary/aromatic N) is 1. The van der Waals surface area contributed by atoms with Crippen molar-refractivity contribution < 1.29 is 36.2 Å². The fourth-order valence-corrected chi connectivity index (χ4v) is 4.69. The lowest BCUT2D eigenvalue weighted by Gasteiger charge is -2.28. The van der Waals surface area contributed by atoms with Crippen molar-refractivity contribution in [2.45, 2.75) is 40.0 Å². The van der Waals surface area contributed by atoms with E-state index >= 15 is 0 Å². The maximum absolute atomic E-state index is 13.3. The van der Waals surface area contributed by atoms with Crippen LogP contribution in [0, 0.1) is 5.92 Å². The largest absolute Gasteiger partial charge is 0.487 e. The second-order valence-electron chi connectivity index (χ2n) is 7.71. The number of carboxylic acids is 1. The summed E-state index contributed by atoms with van der Waals surface area (Å²) in [5.74, 6) is -1.57. The predicted molar refractivity (Wildman–Crippen MR) is 115 cm³/mol. The first kappa shape index (κ1) is 25.5. The number of ether oxygens (including phenoxy) is 1. The van der Waals surface area contributed by atoms with E-state index in [4.69, 9.17) is 9.84 Å². The number of sulfonamides is 1. The number of halogens is 3. The first-order chi connectivity index (χ1) is 14.8. The Labute approximate surface area is 185 Å². The Morgan fingerprint density at radius 1 is 1.12 bits per heavy atom. The van der Waals surface area contributed by atoms with Gasteiger partial charge in [-0.3, -0.25) is 4.31 Å². The molecule has 1 N–H and O–H groups in total. The fraction of sp³-hybridized carbons (Fsp3) is 0.409. The molecule has 32 heavy (non-hydrogen) atoms. The van der Waals surface area contributed by atoms with Gasteiger partial charge in [-0.25, -0.2) is 13.2 Å². The molecule has 0 bridgehead atoms. The van der Waals surface area contributed by atoms with Crippen molar-refractivity contribution in [1.82, 2.24) is 0 Å². The van der Waals surface area contributed by atoms with Gasteiger partial charge < -0.3 is 9.84 Å². The molecule has 0 atom stereocenters. The molecule has 0 spiro atoms. The van der Waals surface area contributed by atoms with Crippen molar-refractivity contribution in [3.8, 4) is 5.75 Å². The molecule has 0 aromatic heterocycles. The van der Waals surface area contributed by atoms with Crippen LogP contribution in [0.1, 0.15) is 48.7 Å². The lowest BCUT2D eigenvalue weighted by molar-refractivity contribution is -0.137. The van der Waals surface area contributed by atoms with Gasteiger partial charge in [-0.15, -0.1) is 0 Å².